The third kappa shape index (κ3) is 4.03. The average Bonchev–Trinajstić information content (AvgIpc) is 3.09. The van der Waals surface area contributed by atoms with E-state index in [0.717, 1.165) is 37.4 Å². The van der Waals surface area contributed by atoms with Gasteiger partial charge in [0, 0.05) is 25.2 Å². The Hall–Kier alpha value is -3.07. The van der Waals surface area contributed by atoms with Crippen LogP contribution in [0.5, 0.6) is 0 Å². The number of nitrogens with zero attached hydrogens (tertiary/aromatic N) is 6. The maximum atomic E-state index is 10.8. The van der Waals surface area contributed by atoms with E-state index in [4.69, 9.17) is 0 Å². The standard InChI is InChI=1S/C18H23N7O2/c1-4-23(5-2)11-10-19-17-16-12-20-24(18(16)22-13(3)21-17)14-6-8-15(9-7-14)25(26)27/h6-9,12H,4-5,10-11H2,1-3H3,(H,19,21,22). The summed E-state index contributed by atoms with van der Waals surface area (Å²) < 4.78 is 1.67. The molecule has 0 aliphatic rings. The van der Waals surface area contributed by atoms with Gasteiger partial charge in [-0.1, -0.05) is 13.8 Å². The van der Waals surface area contributed by atoms with Crippen LogP contribution in [0.2, 0.25) is 0 Å². The number of rotatable bonds is 8. The monoisotopic (exact) mass is 369 g/mol. The lowest BCUT2D eigenvalue weighted by atomic mass is 10.3. The van der Waals surface area contributed by atoms with E-state index in [1.165, 1.54) is 12.1 Å². The smallest absolute Gasteiger partial charge is 0.269 e. The molecule has 0 bridgehead atoms. The van der Waals surface area contributed by atoms with E-state index in [2.05, 4.69) is 39.1 Å². The van der Waals surface area contributed by atoms with Gasteiger partial charge in [0.15, 0.2) is 5.65 Å². The summed E-state index contributed by atoms with van der Waals surface area (Å²) in [7, 11) is 0. The molecular weight excluding hydrogens is 346 g/mol. The fraction of sp³-hybridized carbons (Fsp3) is 0.389. The molecule has 0 saturated heterocycles. The summed E-state index contributed by atoms with van der Waals surface area (Å²) in [4.78, 5) is 21.8. The van der Waals surface area contributed by atoms with Crippen LogP contribution in [0.4, 0.5) is 11.5 Å². The molecule has 0 aliphatic carbocycles. The normalized spacial score (nSPS) is 11.3. The number of fused-ring (bicyclic) bond motifs is 1. The first kappa shape index (κ1) is 18.7. The number of nitrogens with one attached hydrogen (secondary N) is 1. The summed E-state index contributed by atoms with van der Waals surface area (Å²) in [6, 6.07) is 6.24. The van der Waals surface area contributed by atoms with Gasteiger partial charge >= 0.3 is 0 Å². The van der Waals surface area contributed by atoms with Crippen molar-refractivity contribution >= 4 is 22.5 Å². The van der Waals surface area contributed by atoms with Crippen molar-refractivity contribution < 1.29 is 4.92 Å². The second-order valence-corrected chi connectivity index (χ2v) is 6.14. The quantitative estimate of drug-likeness (QED) is 0.481. The Balaban J connectivity index is 1.89. The highest BCUT2D eigenvalue weighted by atomic mass is 16.6. The van der Waals surface area contributed by atoms with Crippen LogP contribution in [0.25, 0.3) is 16.7 Å². The first-order valence-corrected chi connectivity index (χ1v) is 8.97. The van der Waals surface area contributed by atoms with E-state index in [1.807, 2.05) is 6.92 Å². The molecule has 3 rings (SSSR count). The van der Waals surface area contributed by atoms with Crippen molar-refractivity contribution in [2.45, 2.75) is 20.8 Å². The molecule has 0 atom stereocenters. The van der Waals surface area contributed by atoms with Gasteiger partial charge in [0.05, 0.1) is 22.2 Å². The lowest BCUT2D eigenvalue weighted by Crippen LogP contribution is -2.28. The molecule has 2 heterocycles. The van der Waals surface area contributed by atoms with Crippen molar-refractivity contribution in [3.63, 3.8) is 0 Å². The van der Waals surface area contributed by atoms with E-state index in [9.17, 15) is 10.1 Å². The molecule has 0 spiro atoms. The lowest BCUT2D eigenvalue weighted by molar-refractivity contribution is -0.384. The van der Waals surface area contributed by atoms with Gasteiger partial charge in [-0.2, -0.15) is 5.10 Å². The Morgan fingerprint density at radius 3 is 2.52 bits per heavy atom. The second kappa shape index (κ2) is 8.09. The summed E-state index contributed by atoms with van der Waals surface area (Å²) in [6.07, 6.45) is 1.72. The molecular formula is C18H23N7O2. The molecule has 0 saturated carbocycles. The van der Waals surface area contributed by atoms with Crippen molar-refractivity contribution in [1.29, 1.82) is 0 Å². The molecule has 0 fully saturated rings. The molecule has 0 unspecified atom stereocenters. The number of aryl methyl sites for hydroxylation is 1. The van der Waals surface area contributed by atoms with Gasteiger partial charge in [0.2, 0.25) is 0 Å². The summed E-state index contributed by atoms with van der Waals surface area (Å²) in [5.41, 5.74) is 1.42. The maximum absolute atomic E-state index is 10.8. The number of likely N-dealkylation sites (N-methyl/N-ethyl adjacent to an activating group) is 1. The topological polar surface area (TPSA) is 102 Å². The van der Waals surface area contributed by atoms with Crippen LogP contribution < -0.4 is 5.32 Å². The van der Waals surface area contributed by atoms with Crippen molar-refractivity contribution in [3.8, 4) is 5.69 Å². The van der Waals surface area contributed by atoms with E-state index < -0.39 is 4.92 Å². The van der Waals surface area contributed by atoms with Crippen molar-refractivity contribution in [3.05, 3.63) is 46.4 Å². The zero-order valence-electron chi connectivity index (χ0n) is 15.7. The molecule has 9 nitrogen and oxygen atoms in total. The number of nitro groups is 1. The highest BCUT2D eigenvalue weighted by Gasteiger charge is 2.14. The predicted octanol–water partition coefficient (Wildman–Crippen LogP) is 2.79. The van der Waals surface area contributed by atoms with Crippen molar-refractivity contribution in [2.75, 3.05) is 31.5 Å². The van der Waals surface area contributed by atoms with Gasteiger partial charge in [-0.3, -0.25) is 10.1 Å². The molecule has 3 aromatic rings. The fourth-order valence-corrected chi connectivity index (χ4v) is 2.93. The minimum atomic E-state index is -0.421. The molecule has 1 aromatic carbocycles. The second-order valence-electron chi connectivity index (χ2n) is 6.14. The Labute approximate surface area is 157 Å². The number of benzene rings is 1. The first-order chi connectivity index (χ1) is 13.0. The Morgan fingerprint density at radius 1 is 1.19 bits per heavy atom. The zero-order chi connectivity index (χ0) is 19.4. The van der Waals surface area contributed by atoms with Gasteiger partial charge in [-0.25, -0.2) is 14.6 Å². The number of non-ortho nitro benzene ring substituents is 1. The van der Waals surface area contributed by atoms with E-state index in [0.29, 0.717) is 17.2 Å². The van der Waals surface area contributed by atoms with E-state index in [1.54, 1.807) is 23.0 Å². The van der Waals surface area contributed by atoms with E-state index in [-0.39, 0.29) is 5.69 Å². The zero-order valence-corrected chi connectivity index (χ0v) is 15.7. The largest absolute Gasteiger partial charge is 0.368 e. The van der Waals surface area contributed by atoms with Gasteiger partial charge in [0.25, 0.3) is 5.69 Å². The molecule has 0 amide bonds. The number of hydrogen-bond acceptors (Lipinski definition) is 7. The predicted molar refractivity (Wildman–Crippen MR) is 104 cm³/mol. The molecule has 142 valence electrons. The maximum Gasteiger partial charge on any atom is 0.269 e. The summed E-state index contributed by atoms with van der Waals surface area (Å²) >= 11 is 0. The Bertz CT molecular complexity index is 933. The minimum absolute atomic E-state index is 0.0415. The summed E-state index contributed by atoms with van der Waals surface area (Å²) in [6.45, 7) is 9.84. The molecule has 9 heteroatoms. The minimum Gasteiger partial charge on any atom is -0.368 e. The molecule has 0 radical (unpaired) electrons. The van der Waals surface area contributed by atoms with Crippen LogP contribution >= 0.6 is 0 Å². The fourth-order valence-electron chi connectivity index (χ4n) is 2.93. The van der Waals surface area contributed by atoms with Gasteiger partial charge < -0.3 is 10.2 Å². The molecule has 27 heavy (non-hydrogen) atoms. The first-order valence-electron chi connectivity index (χ1n) is 8.97. The highest BCUT2D eigenvalue weighted by molar-refractivity contribution is 5.87. The van der Waals surface area contributed by atoms with Crippen LogP contribution in [0.3, 0.4) is 0 Å². The van der Waals surface area contributed by atoms with Crippen LogP contribution in [0.1, 0.15) is 19.7 Å². The van der Waals surface area contributed by atoms with Gasteiger partial charge in [0.1, 0.15) is 11.6 Å². The number of aromatic nitrogens is 4. The lowest BCUT2D eigenvalue weighted by Gasteiger charge is -2.18. The molecule has 0 aliphatic heterocycles. The van der Waals surface area contributed by atoms with Gasteiger partial charge in [-0.05, 0) is 32.1 Å². The summed E-state index contributed by atoms with van der Waals surface area (Å²) in [5, 5.41) is 19.5. The highest BCUT2D eigenvalue weighted by Crippen LogP contribution is 2.23. The van der Waals surface area contributed by atoms with Gasteiger partial charge in [-0.15, -0.1) is 0 Å². The molecule has 2 aromatic heterocycles. The Morgan fingerprint density at radius 2 is 1.89 bits per heavy atom. The van der Waals surface area contributed by atoms with Crippen molar-refractivity contribution in [1.82, 2.24) is 24.6 Å². The van der Waals surface area contributed by atoms with Crippen LogP contribution in [-0.2, 0) is 0 Å². The molecule has 1 N–H and O–H groups in total. The SMILES string of the molecule is CCN(CC)CCNc1nc(C)nc2c1cnn2-c1ccc([N+](=O)[O-])cc1. The van der Waals surface area contributed by atoms with Crippen LogP contribution in [0.15, 0.2) is 30.5 Å². The third-order valence-corrected chi connectivity index (χ3v) is 4.46. The third-order valence-electron chi connectivity index (χ3n) is 4.46. The number of hydrogen-bond donors (Lipinski definition) is 1. The number of anilines is 1. The average molecular weight is 369 g/mol. The van der Waals surface area contributed by atoms with Crippen LogP contribution in [0, 0.1) is 17.0 Å². The van der Waals surface area contributed by atoms with E-state index >= 15 is 0 Å². The Kier molecular flexibility index (Phi) is 5.60. The summed E-state index contributed by atoms with van der Waals surface area (Å²) in [5.74, 6) is 1.38. The van der Waals surface area contributed by atoms with Crippen molar-refractivity contribution in [2.24, 2.45) is 0 Å². The van der Waals surface area contributed by atoms with Crippen LogP contribution in [-0.4, -0.2) is 55.8 Å². The number of nitro benzene ring substituents is 1.